The molecule has 0 unspecified atom stereocenters. The number of ether oxygens (including phenoxy) is 1. The van der Waals surface area contributed by atoms with Gasteiger partial charge in [-0.1, -0.05) is 94.5 Å². The Balaban J connectivity index is 1.71. The van der Waals surface area contributed by atoms with Crippen LogP contribution < -0.4 is 10.1 Å². The van der Waals surface area contributed by atoms with Crippen LogP contribution in [0.4, 0.5) is 10.8 Å². The van der Waals surface area contributed by atoms with E-state index >= 15 is 0 Å². The van der Waals surface area contributed by atoms with Crippen molar-refractivity contribution in [1.82, 2.24) is 9.97 Å². The fourth-order valence-electron chi connectivity index (χ4n) is 3.98. The van der Waals surface area contributed by atoms with Crippen LogP contribution >= 0.6 is 11.3 Å². The first-order valence-electron chi connectivity index (χ1n) is 11.9. The van der Waals surface area contributed by atoms with Crippen molar-refractivity contribution in [2.45, 2.75) is 51.9 Å². The van der Waals surface area contributed by atoms with Gasteiger partial charge in [0.15, 0.2) is 5.13 Å². The van der Waals surface area contributed by atoms with Gasteiger partial charge in [-0.2, -0.15) is 0 Å². The van der Waals surface area contributed by atoms with Gasteiger partial charge in [0.25, 0.3) is 0 Å². The van der Waals surface area contributed by atoms with Crippen molar-refractivity contribution in [3.05, 3.63) is 84.2 Å². The molecule has 2 aromatic carbocycles. The number of aliphatic hydroxyl groups is 1. The normalized spacial score (nSPS) is 11.9. The first-order chi connectivity index (χ1) is 16.7. The van der Waals surface area contributed by atoms with Crippen molar-refractivity contribution in [2.24, 2.45) is 0 Å². The number of pyridine rings is 1. The van der Waals surface area contributed by atoms with E-state index in [0.29, 0.717) is 12.3 Å². The maximum Gasteiger partial charge on any atom is 0.243 e. The molecule has 2 heterocycles. The van der Waals surface area contributed by atoms with E-state index in [-0.39, 0.29) is 17.4 Å². The van der Waals surface area contributed by atoms with Crippen LogP contribution in [0.5, 0.6) is 11.6 Å². The zero-order valence-electron chi connectivity index (χ0n) is 21.0. The highest BCUT2D eigenvalue weighted by Gasteiger charge is 2.28. The molecule has 2 aromatic heterocycles. The van der Waals surface area contributed by atoms with Crippen molar-refractivity contribution in [1.29, 1.82) is 0 Å². The van der Waals surface area contributed by atoms with Gasteiger partial charge in [0, 0.05) is 23.8 Å². The number of aromatic nitrogens is 2. The molecule has 4 aromatic rings. The minimum absolute atomic E-state index is 0.0634. The van der Waals surface area contributed by atoms with Crippen molar-refractivity contribution < 1.29 is 9.84 Å². The van der Waals surface area contributed by atoms with Crippen LogP contribution in [0.3, 0.4) is 0 Å². The molecule has 0 aliphatic rings. The number of para-hydroxylation sites is 1. The SMILES string of the molecule is CC(C)(C)c1ccccc1Oc1ncccc1Nc1nc(C(C)(C)CCO)c(-c2ccccc2)s1. The van der Waals surface area contributed by atoms with E-state index in [1.54, 1.807) is 17.5 Å². The first-order valence-corrected chi connectivity index (χ1v) is 12.7. The molecule has 0 saturated heterocycles. The summed E-state index contributed by atoms with van der Waals surface area (Å²) in [5, 5.41) is 13.9. The minimum atomic E-state index is -0.281. The van der Waals surface area contributed by atoms with Gasteiger partial charge in [-0.05, 0) is 35.6 Å². The van der Waals surface area contributed by atoms with E-state index in [9.17, 15) is 5.11 Å². The molecule has 0 amide bonds. The zero-order valence-corrected chi connectivity index (χ0v) is 21.8. The van der Waals surface area contributed by atoms with Gasteiger partial charge in [0.1, 0.15) is 11.4 Å². The highest BCUT2D eigenvalue weighted by atomic mass is 32.1. The van der Waals surface area contributed by atoms with E-state index in [1.165, 1.54) is 0 Å². The van der Waals surface area contributed by atoms with Crippen LogP contribution in [0.2, 0.25) is 0 Å². The molecular weight excluding hydrogens is 454 g/mol. The molecule has 182 valence electrons. The maximum atomic E-state index is 9.66. The van der Waals surface area contributed by atoms with E-state index in [4.69, 9.17) is 9.72 Å². The van der Waals surface area contributed by atoms with Crippen molar-refractivity contribution >= 4 is 22.2 Å². The average Bonchev–Trinajstić information content (AvgIpc) is 3.26. The van der Waals surface area contributed by atoms with Gasteiger partial charge in [-0.3, -0.25) is 0 Å². The van der Waals surface area contributed by atoms with Crippen molar-refractivity contribution in [3.63, 3.8) is 0 Å². The number of benzene rings is 2. The Bertz CT molecular complexity index is 1280. The van der Waals surface area contributed by atoms with Gasteiger partial charge < -0.3 is 15.2 Å². The number of nitrogens with one attached hydrogen (secondary N) is 1. The smallest absolute Gasteiger partial charge is 0.243 e. The molecule has 5 nitrogen and oxygen atoms in total. The topological polar surface area (TPSA) is 67.3 Å². The number of aliphatic hydroxyl groups excluding tert-OH is 1. The number of thiazole rings is 1. The molecule has 0 spiro atoms. The maximum absolute atomic E-state index is 9.66. The molecule has 0 aliphatic carbocycles. The summed E-state index contributed by atoms with van der Waals surface area (Å²) >= 11 is 1.60. The lowest BCUT2D eigenvalue weighted by molar-refractivity contribution is 0.251. The zero-order chi connectivity index (χ0) is 25.1. The summed E-state index contributed by atoms with van der Waals surface area (Å²) in [6, 6.07) is 22.2. The molecule has 0 atom stereocenters. The minimum Gasteiger partial charge on any atom is -0.437 e. The molecule has 0 aliphatic heterocycles. The molecule has 0 bridgehead atoms. The van der Waals surface area contributed by atoms with Crippen LogP contribution in [0.25, 0.3) is 10.4 Å². The lowest BCUT2D eigenvalue weighted by Crippen LogP contribution is -2.20. The van der Waals surface area contributed by atoms with Crippen LogP contribution in [0.1, 0.15) is 52.3 Å². The molecule has 35 heavy (non-hydrogen) atoms. The molecule has 4 rings (SSSR count). The predicted molar refractivity (Wildman–Crippen MR) is 145 cm³/mol. The second-order valence-corrected chi connectivity index (χ2v) is 11.2. The van der Waals surface area contributed by atoms with Crippen LogP contribution in [0.15, 0.2) is 72.9 Å². The molecule has 0 saturated carbocycles. The molecular formula is C29H33N3O2S. The molecule has 0 fully saturated rings. The largest absolute Gasteiger partial charge is 0.437 e. The number of nitrogens with zero attached hydrogens (tertiary/aromatic N) is 2. The summed E-state index contributed by atoms with van der Waals surface area (Å²) in [5.41, 5.74) is 3.60. The fourth-order valence-corrected chi connectivity index (χ4v) is 5.14. The Morgan fingerprint density at radius 1 is 0.914 bits per heavy atom. The summed E-state index contributed by atoms with van der Waals surface area (Å²) in [6.07, 6.45) is 2.36. The summed E-state index contributed by atoms with van der Waals surface area (Å²) in [6.45, 7) is 10.9. The monoisotopic (exact) mass is 487 g/mol. The summed E-state index contributed by atoms with van der Waals surface area (Å²) in [4.78, 5) is 10.6. The quantitative estimate of drug-likeness (QED) is 0.266. The summed E-state index contributed by atoms with van der Waals surface area (Å²) < 4.78 is 6.34. The van der Waals surface area contributed by atoms with Gasteiger partial charge >= 0.3 is 0 Å². The lowest BCUT2D eigenvalue weighted by Gasteiger charge is -2.23. The average molecular weight is 488 g/mol. The highest BCUT2D eigenvalue weighted by Crippen LogP contribution is 2.42. The van der Waals surface area contributed by atoms with Gasteiger partial charge in [0.05, 0.1) is 10.6 Å². The number of rotatable bonds is 8. The third-order valence-corrected chi connectivity index (χ3v) is 6.98. The van der Waals surface area contributed by atoms with Crippen LogP contribution in [-0.2, 0) is 10.8 Å². The fraction of sp³-hybridized carbons (Fsp3) is 0.310. The second-order valence-electron chi connectivity index (χ2n) is 10.2. The third kappa shape index (κ3) is 5.72. The molecule has 0 radical (unpaired) electrons. The van der Waals surface area contributed by atoms with Crippen molar-refractivity contribution in [2.75, 3.05) is 11.9 Å². The molecule has 6 heteroatoms. The molecule has 2 N–H and O–H groups in total. The Kier molecular flexibility index (Phi) is 7.24. The Morgan fingerprint density at radius 3 is 2.34 bits per heavy atom. The lowest BCUT2D eigenvalue weighted by atomic mass is 9.84. The van der Waals surface area contributed by atoms with E-state index < -0.39 is 0 Å². The number of hydrogen-bond acceptors (Lipinski definition) is 6. The van der Waals surface area contributed by atoms with Crippen molar-refractivity contribution in [3.8, 4) is 22.1 Å². The summed E-state index contributed by atoms with van der Waals surface area (Å²) in [7, 11) is 0. The summed E-state index contributed by atoms with van der Waals surface area (Å²) in [5.74, 6) is 1.28. The second kappa shape index (κ2) is 10.2. The predicted octanol–water partition coefficient (Wildman–Crippen LogP) is 7.70. The number of hydrogen-bond donors (Lipinski definition) is 2. The number of anilines is 2. The van der Waals surface area contributed by atoms with Crippen LogP contribution in [-0.4, -0.2) is 21.7 Å². The van der Waals surface area contributed by atoms with E-state index in [2.05, 4.69) is 63.1 Å². The van der Waals surface area contributed by atoms with E-state index in [1.807, 2.05) is 48.5 Å². The van der Waals surface area contributed by atoms with Gasteiger partial charge in [-0.15, -0.1) is 0 Å². The Morgan fingerprint density at radius 2 is 1.63 bits per heavy atom. The Hall–Kier alpha value is -3.22. The third-order valence-electron chi connectivity index (χ3n) is 5.96. The standard InChI is InChI=1S/C29H33N3O2S/c1-28(2,3)21-14-9-10-16-23(21)34-26-22(15-11-18-30-26)31-27-32-25(29(4,5)17-19-33)24(35-27)20-12-7-6-8-13-20/h6-16,18,33H,17,19H2,1-5H3,(H,31,32). The van der Waals surface area contributed by atoms with Gasteiger partial charge in [-0.25, -0.2) is 9.97 Å². The van der Waals surface area contributed by atoms with E-state index in [0.717, 1.165) is 38.3 Å². The first kappa shape index (κ1) is 24.9. The van der Waals surface area contributed by atoms with Gasteiger partial charge in [0.2, 0.25) is 5.88 Å². The highest BCUT2D eigenvalue weighted by molar-refractivity contribution is 7.19. The van der Waals surface area contributed by atoms with Crippen LogP contribution in [0, 0.1) is 0 Å². The Labute approximate surface area is 211 Å².